The molecule has 4 nitrogen and oxygen atoms in total. The number of carboxylic acids is 1. The van der Waals surface area contributed by atoms with E-state index in [4.69, 9.17) is 0 Å². The number of fused-ring (bicyclic) bond motifs is 2. The fourth-order valence-electron chi connectivity index (χ4n) is 3.68. The van der Waals surface area contributed by atoms with Crippen molar-refractivity contribution >= 4 is 11.9 Å². The summed E-state index contributed by atoms with van der Waals surface area (Å²) in [6, 6.07) is 5.84. The third-order valence-electron chi connectivity index (χ3n) is 4.71. The predicted molar refractivity (Wildman–Crippen MR) is 74.6 cm³/mol. The van der Waals surface area contributed by atoms with Crippen LogP contribution in [0.3, 0.4) is 0 Å². The summed E-state index contributed by atoms with van der Waals surface area (Å²) in [6.45, 7) is 3.90. The van der Waals surface area contributed by atoms with Gasteiger partial charge in [-0.3, -0.25) is 9.59 Å². The Kier molecular flexibility index (Phi) is 3.04. The standard InChI is InChI=1S/C16H19NO3/c1-9-3-4-10(2)12(7-9)15(18)17-11-5-6-14(17)13(8-11)16(19)20/h3-4,7,11,13-14H,5-6,8H2,1-2H3,(H,19,20). The van der Waals surface area contributed by atoms with Crippen molar-refractivity contribution < 1.29 is 14.7 Å². The van der Waals surface area contributed by atoms with E-state index in [9.17, 15) is 14.7 Å². The van der Waals surface area contributed by atoms with Crippen molar-refractivity contribution in [3.63, 3.8) is 0 Å². The van der Waals surface area contributed by atoms with Gasteiger partial charge in [0.25, 0.3) is 5.91 Å². The highest BCUT2D eigenvalue weighted by Crippen LogP contribution is 2.42. The van der Waals surface area contributed by atoms with Crippen LogP contribution in [0.2, 0.25) is 0 Å². The Labute approximate surface area is 118 Å². The molecule has 2 fully saturated rings. The Morgan fingerprint density at radius 3 is 2.65 bits per heavy atom. The van der Waals surface area contributed by atoms with Crippen LogP contribution < -0.4 is 0 Å². The zero-order valence-corrected chi connectivity index (χ0v) is 11.8. The summed E-state index contributed by atoms with van der Waals surface area (Å²) < 4.78 is 0. The zero-order chi connectivity index (χ0) is 14.4. The Morgan fingerprint density at radius 1 is 1.25 bits per heavy atom. The molecule has 0 aliphatic carbocycles. The van der Waals surface area contributed by atoms with Crippen LogP contribution in [0.4, 0.5) is 0 Å². The maximum Gasteiger partial charge on any atom is 0.308 e. The molecule has 106 valence electrons. The molecule has 4 heteroatoms. The summed E-state index contributed by atoms with van der Waals surface area (Å²) in [7, 11) is 0. The highest BCUT2D eigenvalue weighted by molar-refractivity contribution is 5.97. The molecule has 1 amide bonds. The Morgan fingerprint density at radius 2 is 2.00 bits per heavy atom. The van der Waals surface area contributed by atoms with Gasteiger partial charge >= 0.3 is 5.97 Å². The smallest absolute Gasteiger partial charge is 0.308 e. The summed E-state index contributed by atoms with van der Waals surface area (Å²) in [5.74, 6) is -1.15. The molecular weight excluding hydrogens is 254 g/mol. The zero-order valence-electron chi connectivity index (χ0n) is 11.8. The van der Waals surface area contributed by atoms with Crippen molar-refractivity contribution in [2.24, 2.45) is 5.92 Å². The molecule has 1 aromatic rings. The predicted octanol–water partition coefficient (Wildman–Crippen LogP) is 2.38. The van der Waals surface area contributed by atoms with Gasteiger partial charge in [-0.15, -0.1) is 0 Å². The third-order valence-corrected chi connectivity index (χ3v) is 4.71. The summed E-state index contributed by atoms with van der Waals surface area (Å²) in [4.78, 5) is 25.9. The van der Waals surface area contributed by atoms with Gasteiger partial charge in [-0.1, -0.05) is 17.7 Å². The van der Waals surface area contributed by atoms with Gasteiger partial charge in [0, 0.05) is 17.6 Å². The Balaban J connectivity index is 1.92. The number of carboxylic acid groups (broad SMARTS) is 1. The van der Waals surface area contributed by atoms with E-state index < -0.39 is 5.97 Å². The molecule has 0 spiro atoms. The van der Waals surface area contributed by atoms with Crippen LogP contribution in [-0.4, -0.2) is 34.0 Å². The van der Waals surface area contributed by atoms with Gasteiger partial charge in [0.2, 0.25) is 0 Å². The second-order valence-electron chi connectivity index (χ2n) is 6.01. The molecule has 3 atom stereocenters. The van der Waals surface area contributed by atoms with Gasteiger partial charge in [-0.05, 0) is 44.7 Å². The maximum atomic E-state index is 12.8. The van der Waals surface area contributed by atoms with Crippen molar-refractivity contribution in [3.8, 4) is 0 Å². The molecule has 20 heavy (non-hydrogen) atoms. The SMILES string of the molecule is Cc1ccc(C)c(C(=O)N2C3CCC2C(C(=O)O)C3)c1. The summed E-state index contributed by atoms with van der Waals surface area (Å²) >= 11 is 0. The van der Waals surface area contributed by atoms with E-state index in [1.54, 1.807) is 0 Å². The number of hydrogen-bond donors (Lipinski definition) is 1. The summed E-state index contributed by atoms with van der Waals surface area (Å²) in [6.07, 6.45) is 2.36. The number of carbonyl (C=O) groups is 2. The molecule has 2 aliphatic rings. The first kappa shape index (κ1) is 13.2. The number of nitrogens with zero attached hydrogens (tertiary/aromatic N) is 1. The number of hydrogen-bond acceptors (Lipinski definition) is 2. The second-order valence-corrected chi connectivity index (χ2v) is 6.01. The fraction of sp³-hybridized carbons (Fsp3) is 0.500. The molecule has 3 unspecified atom stereocenters. The molecule has 0 saturated carbocycles. The minimum atomic E-state index is -0.768. The molecule has 0 aromatic heterocycles. The number of amides is 1. The van der Waals surface area contributed by atoms with Gasteiger partial charge in [-0.25, -0.2) is 0 Å². The average Bonchev–Trinajstić information content (AvgIpc) is 2.98. The first-order valence-corrected chi connectivity index (χ1v) is 7.11. The first-order valence-electron chi connectivity index (χ1n) is 7.11. The van der Waals surface area contributed by atoms with Crippen LogP contribution >= 0.6 is 0 Å². The summed E-state index contributed by atoms with van der Waals surface area (Å²) in [5, 5.41) is 9.27. The number of aryl methyl sites for hydroxylation is 2. The van der Waals surface area contributed by atoms with Gasteiger partial charge in [0.05, 0.1) is 5.92 Å². The average molecular weight is 273 g/mol. The Bertz CT molecular complexity index is 581. The van der Waals surface area contributed by atoms with Crippen molar-refractivity contribution in [3.05, 3.63) is 34.9 Å². The topological polar surface area (TPSA) is 57.6 Å². The lowest BCUT2D eigenvalue weighted by Gasteiger charge is -2.24. The highest BCUT2D eigenvalue weighted by atomic mass is 16.4. The lowest BCUT2D eigenvalue weighted by molar-refractivity contribution is -0.142. The molecule has 2 bridgehead atoms. The van der Waals surface area contributed by atoms with Gasteiger partial charge in [0.1, 0.15) is 0 Å². The lowest BCUT2D eigenvalue weighted by Crippen LogP contribution is -2.38. The quantitative estimate of drug-likeness (QED) is 0.900. The number of aliphatic carboxylic acids is 1. The molecule has 2 saturated heterocycles. The number of benzene rings is 1. The maximum absolute atomic E-state index is 12.8. The molecular formula is C16H19NO3. The van der Waals surface area contributed by atoms with E-state index in [1.165, 1.54) is 0 Å². The van der Waals surface area contributed by atoms with Crippen LogP contribution in [0.1, 0.15) is 40.7 Å². The highest BCUT2D eigenvalue weighted by Gasteiger charge is 2.51. The summed E-state index contributed by atoms with van der Waals surface area (Å²) in [5.41, 5.74) is 2.73. The largest absolute Gasteiger partial charge is 0.481 e. The second kappa shape index (κ2) is 4.62. The van der Waals surface area contributed by atoms with Gasteiger partial charge < -0.3 is 10.0 Å². The van der Waals surface area contributed by atoms with Crippen molar-refractivity contribution in [2.45, 2.75) is 45.2 Å². The molecule has 0 radical (unpaired) electrons. The normalized spacial score (nSPS) is 27.9. The van der Waals surface area contributed by atoms with Gasteiger partial charge in [-0.2, -0.15) is 0 Å². The molecule has 1 aromatic carbocycles. The molecule has 2 aliphatic heterocycles. The number of carbonyl (C=O) groups excluding carboxylic acids is 1. The fourth-order valence-corrected chi connectivity index (χ4v) is 3.68. The van der Waals surface area contributed by atoms with E-state index in [0.29, 0.717) is 12.0 Å². The van der Waals surface area contributed by atoms with Crippen LogP contribution in [0.25, 0.3) is 0 Å². The van der Waals surface area contributed by atoms with E-state index in [1.807, 2.05) is 36.9 Å². The third kappa shape index (κ3) is 1.90. The first-order chi connectivity index (χ1) is 9.49. The minimum absolute atomic E-state index is 0.00227. The van der Waals surface area contributed by atoms with Crippen LogP contribution in [0, 0.1) is 19.8 Å². The van der Waals surface area contributed by atoms with Crippen molar-refractivity contribution in [1.29, 1.82) is 0 Å². The Hall–Kier alpha value is -1.84. The van der Waals surface area contributed by atoms with E-state index in [2.05, 4.69) is 0 Å². The molecule has 2 heterocycles. The van der Waals surface area contributed by atoms with E-state index >= 15 is 0 Å². The van der Waals surface area contributed by atoms with Crippen LogP contribution in [0.15, 0.2) is 18.2 Å². The van der Waals surface area contributed by atoms with Crippen molar-refractivity contribution in [1.82, 2.24) is 4.90 Å². The number of rotatable bonds is 2. The molecule has 3 rings (SSSR count). The van der Waals surface area contributed by atoms with Crippen LogP contribution in [0.5, 0.6) is 0 Å². The van der Waals surface area contributed by atoms with E-state index in [0.717, 1.165) is 24.0 Å². The minimum Gasteiger partial charge on any atom is -0.481 e. The van der Waals surface area contributed by atoms with E-state index in [-0.39, 0.29) is 23.9 Å². The van der Waals surface area contributed by atoms with Gasteiger partial charge in [0.15, 0.2) is 0 Å². The monoisotopic (exact) mass is 273 g/mol. The lowest BCUT2D eigenvalue weighted by atomic mass is 9.89. The van der Waals surface area contributed by atoms with Crippen molar-refractivity contribution in [2.75, 3.05) is 0 Å². The van der Waals surface area contributed by atoms with Crippen LogP contribution in [-0.2, 0) is 4.79 Å². The molecule has 1 N–H and O–H groups in total.